The molecule has 1 aromatic heterocycles. The van der Waals surface area contributed by atoms with Crippen LogP contribution in [0.1, 0.15) is 22.5 Å². The van der Waals surface area contributed by atoms with E-state index in [0.29, 0.717) is 0 Å². The van der Waals surface area contributed by atoms with E-state index in [1.54, 1.807) is 0 Å². The summed E-state index contributed by atoms with van der Waals surface area (Å²) in [5.74, 6) is 0. The molecule has 0 N–H and O–H groups in total. The molecule has 2 heterocycles. The maximum atomic E-state index is 4.63. The van der Waals surface area contributed by atoms with Crippen molar-refractivity contribution >= 4 is 0 Å². The first kappa shape index (κ1) is 11.4. The van der Waals surface area contributed by atoms with Gasteiger partial charge in [0.25, 0.3) is 0 Å². The molecule has 2 aromatic rings. The van der Waals surface area contributed by atoms with E-state index >= 15 is 0 Å². The van der Waals surface area contributed by atoms with Gasteiger partial charge < -0.3 is 0 Å². The Hall–Kier alpha value is -1.67. The Morgan fingerprint density at radius 2 is 1.94 bits per heavy atom. The molecule has 1 aromatic carbocycles. The molecule has 0 spiro atoms. The zero-order valence-electron chi connectivity index (χ0n) is 10.8. The van der Waals surface area contributed by atoms with Crippen molar-refractivity contribution in [2.24, 2.45) is 0 Å². The summed E-state index contributed by atoms with van der Waals surface area (Å²) in [7, 11) is 0. The third-order valence-corrected chi connectivity index (χ3v) is 3.52. The lowest BCUT2D eigenvalue weighted by Crippen LogP contribution is -2.30. The Labute approximate surface area is 108 Å². The summed E-state index contributed by atoms with van der Waals surface area (Å²) in [5.41, 5.74) is 5.20. The van der Waals surface area contributed by atoms with Crippen molar-refractivity contribution in [1.82, 2.24) is 9.88 Å². The Morgan fingerprint density at radius 3 is 2.78 bits per heavy atom. The van der Waals surface area contributed by atoms with Crippen LogP contribution in [0.3, 0.4) is 0 Å². The van der Waals surface area contributed by atoms with Gasteiger partial charge in [-0.05, 0) is 24.1 Å². The van der Waals surface area contributed by atoms with Crippen LogP contribution in [0.2, 0.25) is 0 Å². The van der Waals surface area contributed by atoms with Gasteiger partial charge in [0.15, 0.2) is 0 Å². The van der Waals surface area contributed by atoms with Gasteiger partial charge >= 0.3 is 0 Å². The smallest absolute Gasteiger partial charge is 0.0464 e. The van der Waals surface area contributed by atoms with Crippen molar-refractivity contribution in [2.75, 3.05) is 6.54 Å². The van der Waals surface area contributed by atoms with Gasteiger partial charge in [-0.25, -0.2) is 0 Å². The molecule has 1 aliphatic heterocycles. The molecule has 2 heteroatoms. The molecular formula is C16H18N2. The zero-order valence-corrected chi connectivity index (χ0v) is 10.8. The van der Waals surface area contributed by atoms with Crippen LogP contribution in [0.5, 0.6) is 0 Å². The van der Waals surface area contributed by atoms with Crippen molar-refractivity contribution < 1.29 is 0 Å². The van der Waals surface area contributed by atoms with Crippen molar-refractivity contribution in [2.45, 2.75) is 26.4 Å². The number of hydrogen-bond donors (Lipinski definition) is 0. The summed E-state index contributed by atoms with van der Waals surface area (Å²) < 4.78 is 0. The number of nitrogens with zero attached hydrogens (tertiary/aromatic N) is 2. The number of fused-ring (bicyclic) bond motifs is 1. The molecule has 0 bridgehead atoms. The van der Waals surface area contributed by atoms with E-state index in [0.717, 1.165) is 31.7 Å². The first-order chi connectivity index (χ1) is 8.81. The lowest BCUT2D eigenvalue weighted by Gasteiger charge is -2.28. The number of benzene rings is 1. The molecule has 2 nitrogen and oxygen atoms in total. The largest absolute Gasteiger partial charge is 0.294 e. The third-order valence-electron chi connectivity index (χ3n) is 3.52. The molecule has 0 saturated heterocycles. The molecule has 1 aliphatic rings. The second-order valence-corrected chi connectivity index (χ2v) is 5.00. The lowest BCUT2D eigenvalue weighted by atomic mass is 10.0. The molecule has 0 unspecified atom stereocenters. The van der Waals surface area contributed by atoms with Gasteiger partial charge in [-0.3, -0.25) is 9.88 Å². The molecule has 0 fully saturated rings. The average molecular weight is 238 g/mol. The highest BCUT2D eigenvalue weighted by Crippen LogP contribution is 2.19. The van der Waals surface area contributed by atoms with Crippen LogP contribution in [0.15, 0.2) is 42.5 Å². The van der Waals surface area contributed by atoms with Crippen LogP contribution in [0.4, 0.5) is 0 Å². The van der Waals surface area contributed by atoms with E-state index in [-0.39, 0.29) is 0 Å². The molecule has 0 atom stereocenters. The number of hydrogen-bond acceptors (Lipinski definition) is 2. The summed E-state index contributed by atoms with van der Waals surface area (Å²) in [6.45, 7) is 5.24. The van der Waals surface area contributed by atoms with E-state index in [1.807, 2.05) is 0 Å². The fourth-order valence-corrected chi connectivity index (χ4v) is 2.56. The van der Waals surface area contributed by atoms with Crippen LogP contribution in [-0.4, -0.2) is 16.4 Å². The summed E-state index contributed by atoms with van der Waals surface area (Å²) in [4.78, 5) is 7.12. The highest BCUT2D eigenvalue weighted by molar-refractivity contribution is 5.25. The Kier molecular flexibility index (Phi) is 3.11. The topological polar surface area (TPSA) is 16.1 Å². The molecular weight excluding hydrogens is 220 g/mol. The second-order valence-electron chi connectivity index (χ2n) is 5.00. The van der Waals surface area contributed by atoms with Gasteiger partial charge in [0, 0.05) is 37.4 Å². The number of aryl methyl sites for hydroxylation is 1. The Morgan fingerprint density at radius 1 is 1.11 bits per heavy atom. The summed E-state index contributed by atoms with van der Waals surface area (Å²) in [6, 6.07) is 15.0. The molecule has 0 aliphatic carbocycles. The molecule has 0 saturated carbocycles. The second kappa shape index (κ2) is 4.91. The average Bonchev–Trinajstić information content (AvgIpc) is 2.40. The first-order valence-electron chi connectivity index (χ1n) is 6.53. The summed E-state index contributed by atoms with van der Waals surface area (Å²) >= 11 is 0. The molecule has 18 heavy (non-hydrogen) atoms. The van der Waals surface area contributed by atoms with Crippen molar-refractivity contribution in [3.63, 3.8) is 0 Å². The Balaban J connectivity index is 1.73. The molecule has 3 rings (SSSR count). The van der Waals surface area contributed by atoms with Gasteiger partial charge in [-0.15, -0.1) is 0 Å². The fourth-order valence-electron chi connectivity index (χ4n) is 2.56. The van der Waals surface area contributed by atoms with Crippen molar-refractivity contribution in [3.8, 4) is 0 Å². The van der Waals surface area contributed by atoms with Crippen LogP contribution in [-0.2, 0) is 19.5 Å². The minimum absolute atomic E-state index is 1.03. The van der Waals surface area contributed by atoms with E-state index < -0.39 is 0 Å². The van der Waals surface area contributed by atoms with Gasteiger partial charge in [0.2, 0.25) is 0 Å². The van der Waals surface area contributed by atoms with Crippen LogP contribution in [0, 0.1) is 6.92 Å². The third kappa shape index (κ3) is 2.44. The molecule has 0 amide bonds. The number of rotatable bonds is 2. The predicted octanol–water partition coefficient (Wildman–Crippen LogP) is 2.95. The Bertz CT molecular complexity index is 534. The first-order valence-corrected chi connectivity index (χ1v) is 6.53. The predicted molar refractivity (Wildman–Crippen MR) is 73.2 cm³/mol. The van der Waals surface area contributed by atoms with E-state index in [1.165, 1.54) is 16.8 Å². The number of pyridine rings is 1. The van der Waals surface area contributed by atoms with Crippen LogP contribution in [0.25, 0.3) is 0 Å². The minimum Gasteiger partial charge on any atom is -0.294 e. The zero-order chi connectivity index (χ0) is 12.4. The molecule has 92 valence electrons. The minimum atomic E-state index is 1.03. The fraction of sp³-hybridized carbons (Fsp3) is 0.312. The maximum Gasteiger partial charge on any atom is 0.0464 e. The highest BCUT2D eigenvalue weighted by Gasteiger charge is 2.17. The van der Waals surface area contributed by atoms with Crippen LogP contribution >= 0.6 is 0 Å². The highest BCUT2D eigenvalue weighted by atomic mass is 15.1. The van der Waals surface area contributed by atoms with E-state index in [4.69, 9.17) is 0 Å². The van der Waals surface area contributed by atoms with Crippen molar-refractivity contribution in [3.05, 3.63) is 65.0 Å². The monoisotopic (exact) mass is 238 g/mol. The maximum absolute atomic E-state index is 4.63. The van der Waals surface area contributed by atoms with Crippen LogP contribution < -0.4 is 0 Å². The molecule has 0 radical (unpaired) electrons. The summed E-state index contributed by atoms with van der Waals surface area (Å²) in [5, 5.41) is 0. The lowest BCUT2D eigenvalue weighted by molar-refractivity contribution is 0.243. The van der Waals surface area contributed by atoms with E-state index in [9.17, 15) is 0 Å². The van der Waals surface area contributed by atoms with Gasteiger partial charge in [0.1, 0.15) is 0 Å². The van der Waals surface area contributed by atoms with Gasteiger partial charge in [-0.2, -0.15) is 0 Å². The van der Waals surface area contributed by atoms with Crippen molar-refractivity contribution in [1.29, 1.82) is 0 Å². The normalized spacial score (nSPS) is 15.4. The standard InChI is InChI=1S/C16H18N2/c1-13-7-8-15-12-18(10-9-16(15)17-13)11-14-5-3-2-4-6-14/h2-8H,9-12H2,1H3. The summed E-state index contributed by atoms with van der Waals surface area (Å²) in [6.07, 6.45) is 1.07. The van der Waals surface area contributed by atoms with E-state index in [2.05, 4.69) is 59.3 Å². The quantitative estimate of drug-likeness (QED) is 0.799. The van der Waals surface area contributed by atoms with Gasteiger partial charge in [0.05, 0.1) is 0 Å². The number of aromatic nitrogens is 1. The van der Waals surface area contributed by atoms with Gasteiger partial charge in [-0.1, -0.05) is 36.4 Å². The SMILES string of the molecule is Cc1ccc2c(n1)CCN(Cc1ccccc1)C2.